The van der Waals surface area contributed by atoms with E-state index >= 15 is 0 Å². The monoisotopic (exact) mass is 418 g/mol. The van der Waals surface area contributed by atoms with Gasteiger partial charge in [-0.25, -0.2) is 0 Å². The number of hydrogen-bond donors (Lipinski definition) is 1. The molecule has 20 heavy (non-hydrogen) atoms. The second kappa shape index (κ2) is 6.94. The van der Waals surface area contributed by atoms with Gasteiger partial charge in [0.05, 0.1) is 13.2 Å². The molecule has 0 aromatic heterocycles. The lowest BCUT2D eigenvalue weighted by molar-refractivity contribution is 0.177. The molecule has 0 saturated carbocycles. The van der Waals surface area contributed by atoms with Crippen LogP contribution in [0.4, 0.5) is 0 Å². The highest BCUT2D eigenvalue weighted by Crippen LogP contribution is 2.31. The molecule has 1 N–H and O–H groups in total. The van der Waals surface area contributed by atoms with E-state index in [2.05, 4.69) is 31.9 Å². The van der Waals surface area contributed by atoms with Crippen LogP contribution in [0.1, 0.15) is 17.2 Å². The molecule has 0 amide bonds. The van der Waals surface area contributed by atoms with Crippen LogP contribution in [0.2, 0.25) is 5.02 Å². The van der Waals surface area contributed by atoms with E-state index in [1.165, 1.54) is 0 Å². The van der Waals surface area contributed by atoms with Gasteiger partial charge in [-0.05, 0) is 41.5 Å². The number of rotatable bonds is 4. The van der Waals surface area contributed by atoms with Crippen molar-refractivity contribution >= 4 is 43.5 Å². The van der Waals surface area contributed by atoms with Gasteiger partial charge in [0.1, 0.15) is 5.75 Å². The van der Waals surface area contributed by atoms with Gasteiger partial charge < -0.3 is 9.84 Å². The summed E-state index contributed by atoms with van der Waals surface area (Å²) in [6.45, 7) is 0. The van der Waals surface area contributed by atoms with E-state index in [0.717, 1.165) is 20.3 Å². The molecule has 2 nitrogen and oxygen atoms in total. The minimum atomic E-state index is -0.682. The molecule has 0 fully saturated rings. The molecule has 1 atom stereocenters. The van der Waals surface area contributed by atoms with Crippen LogP contribution in [0.15, 0.2) is 45.3 Å². The second-order valence-corrected chi connectivity index (χ2v) is 6.58. The molecule has 0 aliphatic carbocycles. The van der Waals surface area contributed by atoms with Crippen LogP contribution in [0, 0.1) is 0 Å². The Morgan fingerprint density at radius 1 is 1.15 bits per heavy atom. The van der Waals surface area contributed by atoms with E-state index < -0.39 is 6.10 Å². The maximum Gasteiger partial charge on any atom is 0.122 e. The number of aliphatic hydroxyl groups is 1. The molecule has 106 valence electrons. The quantitative estimate of drug-likeness (QED) is 0.741. The number of benzene rings is 2. The molecule has 0 saturated heterocycles. The Balaban J connectivity index is 2.27. The van der Waals surface area contributed by atoms with E-state index in [4.69, 9.17) is 16.3 Å². The highest BCUT2D eigenvalue weighted by atomic mass is 79.9. The number of hydrogen-bond acceptors (Lipinski definition) is 2. The first-order chi connectivity index (χ1) is 9.51. The van der Waals surface area contributed by atoms with Crippen molar-refractivity contribution in [2.75, 3.05) is 7.11 Å². The summed E-state index contributed by atoms with van der Waals surface area (Å²) in [5.41, 5.74) is 1.63. The summed E-state index contributed by atoms with van der Waals surface area (Å²) < 4.78 is 7.15. The minimum absolute atomic E-state index is 0.434. The zero-order valence-corrected chi connectivity index (χ0v) is 14.7. The first-order valence-electron chi connectivity index (χ1n) is 5.96. The van der Waals surface area contributed by atoms with E-state index in [-0.39, 0.29) is 0 Å². The van der Waals surface area contributed by atoms with Gasteiger partial charge in [0, 0.05) is 20.4 Å². The van der Waals surface area contributed by atoms with Gasteiger partial charge >= 0.3 is 0 Å². The fourth-order valence-electron chi connectivity index (χ4n) is 2.00. The van der Waals surface area contributed by atoms with E-state index in [1.54, 1.807) is 13.2 Å². The van der Waals surface area contributed by atoms with Crippen molar-refractivity contribution in [3.63, 3.8) is 0 Å². The largest absolute Gasteiger partial charge is 0.496 e. The third kappa shape index (κ3) is 3.76. The molecule has 2 aromatic rings. The summed E-state index contributed by atoms with van der Waals surface area (Å²) in [5.74, 6) is 0.750. The highest BCUT2D eigenvalue weighted by Gasteiger charge is 2.15. The van der Waals surface area contributed by atoms with E-state index in [9.17, 15) is 5.11 Å². The van der Waals surface area contributed by atoms with Crippen LogP contribution in [-0.4, -0.2) is 12.2 Å². The zero-order valence-electron chi connectivity index (χ0n) is 10.7. The Bertz CT molecular complexity index is 617. The van der Waals surface area contributed by atoms with Gasteiger partial charge in [-0.15, -0.1) is 0 Å². The number of methoxy groups -OCH3 is 1. The average Bonchev–Trinajstić information content (AvgIpc) is 2.38. The van der Waals surface area contributed by atoms with Crippen LogP contribution >= 0.6 is 43.5 Å². The first kappa shape index (κ1) is 15.8. The maximum atomic E-state index is 10.4. The van der Waals surface area contributed by atoms with Crippen molar-refractivity contribution in [2.45, 2.75) is 12.5 Å². The molecule has 0 spiro atoms. The Labute approximate surface area is 140 Å². The van der Waals surface area contributed by atoms with Crippen molar-refractivity contribution in [2.24, 2.45) is 0 Å². The predicted octanol–water partition coefficient (Wildman–Crippen LogP) is 5.15. The molecular weight excluding hydrogens is 407 g/mol. The van der Waals surface area contributed by atoms with Crippen LogP contribution in [0.3, 0.4) is 0 Å². The van der Waals surface area contributed by atoms with Crippen LogP contribution in [0.25, 0.3) is 0 Å². The Morgan fingerprint density at radius 3 is 2.45 bits per heavy atom. The third-order valence-corrected chi connectivity index (χ3v) is 4.29. The second-order valence-electron chi connectivity index (χ2n) is 4.34. The van der Waals surface area contributed by atoms with Crippen molar-refractivity contribution in [1.29, 1.82) is 0 Å². The van der Waals surface area contributed by atoms with Gasteiger partial charge in [0.25, 0.3) is 0 Å². The van der Waals surface area contributed by atoms with E-state index in [1.807, 2.05) is 30.3 Å². The summed E-state index contributed by atoms with van der Waals surface area (Å²) in [4.78, 5) is 0. The standard InChI is InChI=1S/C15H13Br2ClO2/c1-20-15-5-3-10(16)6-9(15)7-14(19)12-4-2-11(17)8-13(12)18/h2-6,8,14,19H,7H2,1H3. The van der Waals surface area contributed by atoms with Gasteiger partial charge in [-0.2, -0.15) is 0 Å². The zero-order chi connectivity index (χ0) is 14.7. The molecule has 2 rings (SSSR count). The average molecular weight is 421 g/mol. The Morgan fingerprint density at radius 2 is 1.80 bits per heavy atom. The molecule has 0 aliphatic rings. The van der Waals surface area contributed by atoms with Gasteiger partial charge in [-0.3, -0.25) is 0 Å². The van der Waals surface area contributed by atoms with Crippen molar-refractivity contribution in [1.82, 2.24) is 0 Å². The van der Waals surface area contributed by atoms with Gasteiger partial charge in [0.15, 0.2) is 0 Å². The van der Waals surface area contributed by atoms with Crippen molar-refractivity contribution in [3.05, 3.63) is 61.5 Å². The lowest BCUT2D eigenvalue weighted by atomic mass is 10.0. The van der Waals surface area contributed by atoms with Crippen LogP contribution in [-0.2, 0) is 6.42 Å². The molecule has 5 heteroatoms. The Kier molecular flexibility index (Phi) is 5.49. The van der Waals surface area contributed by atoms with Crippen molar-refractivity contribution in [3.8, 4) is 5.75 Å². The summed E-state index contributed by atoms with van der Waals surface area (Å²) >= 11 is 12.9. The lowest BCUT2D eigenvalue weighted by Gasteiger charge is -2.15. The number of halogens is 3. The summed E-state index contributed by atoms with van der Waals surface area (Å²) in [7, 11) is 1.62. The minimum Gasteiger partial charge on any atom is -0.496 e. The topological polar surface area (TPSA) is 29.5 Å². The molecular formula is C15H13Br2ClO2. The predicted molar refractivity (Wildman–Crippen MR) is 88.5 cm³/mol. The summed E-state index contributed by atoms with van der Waals surface area (Å²) in [5, 5.41) is 10.9. The van der Waals surface area contributed by atoms with Crippen LogP contribution in [0.5, 0.6) is 5.75 Å². The molecule has 0 bridgehead atoms. The maximum absolute atomic E-state index is 10.4. The SMILES string of the molecule is COc1ccc(Br)cc1CC(O)c1ccc(Br)cc1Cl. The normalized spacial score (nSPS) is 12.2. The lowest BCUT2D eigenvalue weighted by Crippen LogP contribution is -2.04. The number of ether oxygens (including phenoxy) is 1. The number of aliphatic hydroxyl groups excluding tert-OH is 1. The summed E-state index contributed by atoms with van der Waals surface area (Å²) in [6.07, 6.45) is -0.247. The summed E-state index contributed by atoms with van der Waals surface area (Å²) in [6, 6.07) is 11.2. The van der Waals surface area contributed by atoms with E-state index in [0.29, 0.717) is 17.0 Å². The third-order valence-electron chi connectivity index (χ3n) is 2.98. The molecule has 2 aromatic carbocycles. The van der Waals surface area contributed by atoms with Gasteiger partial charge in [0.2, 0.25) is 0 Å². The van der Waals surface area contributed by atoms with Crippen molar-refractivity contribution < 1.29 is 9.84 Å². The molecule has 1 unspecified atom stereocenters. The molecule has 0 aliphatic heterocycles. The Hall–Kier alpha value is -0.550. The fraction of sp³-hybridized carbons (Fsp3) is 0.200. The fourth-order valence-corrected chi connectivity index (χ4v) is 3.20. The first-order valence-corrected chi connectivity index (χ1v) is 7.93. The molecule has 0 heterocycles. The molecule has 0 radical (unpaired) electrons. The van der Waals surface area contributed by atoms with Gasteiger partial charge in [-0.1, -0.05) is 49.5 Å². The highest BCUT2D eigenvalue weighted by molar-refractivity contribution is 9.10. The van der Waals surface area contributed by atoms with Crippen LogP contribution < -0.4 is 4.74 Å². The smallest absolute Gasteiger partial charge is 0.122 e.